The monoisotopic (exact) mass is 541 g/mol. The van der Waals surface area contributed by atoms with Gasteiger partial charge < -0.3 is 23.7 Å². The van der Waals surface area contributed by atoms with Gasteiger partial charge in [0.1, 0.15) is 23.1 Å². The molecule has 1 saturated heterocycles. The van der Waals surface area contributed by atoms with Crippen molar-refractivity contribution in [2.45, 2.75) is 57.9 Å². The molecule has 1 aliphatic rings. The smallest absolute Gasteiger partial charge is 0.227 e. The highest BCUT2D eigenvalue weighted by Crippen LogP contribution is 2.39. The first-order valence-corrected chi connectivity index (χ1v) is 14.2. The first-order valence-electron chi connectivity index (χ1n) is 14.2. The molecule has 1 aliphatic heterocycles. The molecule has 40 heavy (non-hydrogen) atoms. The number of anilines is 1. The second-order valence-corrected chi connectivity index (χ2v) is 10.5. The summed E-state index contributed by atoms with van der Waals surface area (Å²) in [5, 5.41) is 0. The van der Waals surface area contributed by atoms with Crippen molar-refractivity contribution < 1.29 is 19.0 Å². The van der Waals surface area contributed by atoms with Crippen LogP contribution in [0.15, 0.2) is 66.7 Å². The Labute approximate surface area is 236 Å². The highest BCUT2D eigenvalue weighted by Gasteiger charge is 2.36. The van der Waals surface area contributed by atoms with E-state index in [1.807, 2.05) is 36.4 Å². The fraction of sp³-hybridized carbons (Fsp3) is 0.394. The minimum absolute atomic E-state index is 0.0175. The van der Waals surface area contributed by atoms with Crippen LogP contribution in [0.2, 0.25) is 0 Å². The maximum atomic E-state index is 13.2. The van der Waals surface area contributed by atoms with E-state index in [1.54, 1.807) is 19.1 Å². The highest BCUT2D eigenvalue weighted by atomic mass is 16.5. The number of nitrogens with zero attached hydrogens (tertiary/aromatic N) is 3. The van der Waals surface area contributed by atoms with Crippen molar-refractivity contribution >= 4 is 22.6 Å². The molecule has 0 N–H and O–H groups in total. The third-order valence-corrected chi connectivity index (χ3v) is 7.96. The lowest BCUT2D eigenvalue weighted by molar-refractivity contribution is -0.117. The number of imidazole rings is 1. The summed E-state index contributed by atoms with van der Waals surface area (Å²) in [5.74, 6) is 3.82. The first kappa shape index (κ1) is 27.6. The molecule has 7 nitrogen and oxygen atoms in total. The number of hydrogen-bond acceptors (Lipinski definition) is 5. The molecule has 5 rings (SSSR count). The number of aromatic nitrogens is 2. The number of para-hydroxylation sites is 2. The molecule has 0 radical (unpaired) electrons. The number of ether oxygens (including phenoxy) is 3. The van der Waals surface area contributed by atoms with Crippen molar-refractivity contribution in [3.63, 3.8) is 0 Å². The Hall–Kier alpha value is -4.00. The SMILES string of the molecule is CCC(C)c1ccc(OCCCCn2c(C3CC(=O)N(c4cc(OC)ccc4OC)C3)nc3ccccc32)cc1. The number of hydrogen-bond donors (Lipinski definition) is 0. The van der Waals surface area contributed by atoms with Crippen LogP contribution in [0.5, 0.6) is 17.2 Å². The van der Waals surface area contributed by atoms with Gasteiger partial charge >= 0.3 is 0 Å². The number of unbranched alkanes of at least 4 members (excludes halogenated alkanes) is 1. The number of amides is 1. The van der Waals surface area contributed by atoms with E-state index in [0.717, 1.165) is 54.1 Å². The third-order valence-electron chi connectivity index (χ3n) is 7.96. The van der Waals surface area contributed by atoms with Gasteiger partial charge in [0, 0.05) is 31.5 Å². The van der Waals surface area contributed by atoms with Gasteiger partial charge in [-0.2, -0.15) is 0 Å². The van der Waals surface area contributed by atoms with Crippen molar-refractivity contribution in [3.05, 3.63) is 78.1 Å². The molecule has 1 fully saturated rings. The molecule has 3 aromatic carbocycles. The van der Waals surface area contributed by atoms with E-state index in [9.17, 15) is 4.79 Å². The van der Waals surface area contributed by atoms with Crippen molar-refractivity contribution in [2.24, 2.45) is 0 Å². The molecule has 2 unspecified atom stereocenters. The molecule has 0 spiro atoms. The van der Waals surface area contributed by atoms with E-state index in [4.69, 9.17) is 19.2 Å². The molecule has 1 aromatic heterocycles. The maximum Gasteiger partial charge on any atom is 0.227 e. The van der Waals surface area contributed by atoms with Gasteiger partial charge in [-0.1, -0.05) is 38.1 Å². The number of aryl methyl sites for hydroxylation is 1. The van der Waals surface area contributed by atoms with Crippen molar-refractivity contribution in [1.82, 2.24) is 9.55 Å². The molecule has 1 amide bonds. The summed E-state index contributed by atoms with van der Waals surface area (Å²) < 4.78 is 19.3. The van der Waals surface area contributed by atoms with E-state index in [1.165, 1.54) is 5.56 Å². The lowest BCUT2D eigenvalue weighted by Gasteiger charge is -2.20. The Balaban J connectivity index is 1.27. The summed E-state index contributed by atoms with van der Waals surface area (Å²) >= 11 is 0. The van der Waals surface area contributed by atoms with E-state index in [2.05, 4.69) is 48.7 Å². The fourth-order valence-corrected chi connectivity index (χ4v) is 5.45. The molecular formula is C33H39N3O4. The van der Waals surface area contributed by atoms with Crippen LogP contribution in [0.25, 0.3) is 11.0 Å². The van der Waals surface area contributed by atoms with Crippen LogP contribution in [0.3, 0.4) is 0 Å². The molecular weight excluding hydrogens is 502 g/mol. The average Bonchev–Trinajstić information content (AvgIpc) is 3.56. The topological polar surface area (TPSA) is 65.8 Å². The number of methoxy groups -OCH3 is 2. The Morgan fingerprint density at radius 1 is 0.975 bits per heavy atom. The Morgan fingerprint density at radius 2 is 1.75 bits per heavy atom. The van der Waals surface area contributed by atoms with Crippen LogP contribution in [0, 0.1) is 0 Å². The second kappa shape index (κ2) is 12.5. The standard InChI is InChI=1S/C33H39N3O4/c1-5-23(2)24-12-14-26(15-13-24)40-19-9-8-18-35-29-11-7-6-10-28(29)34-33(35)25-20-32(37)36(22-25)30-21-27(38-3)16-17-31(30)39-4/h6-7,10-17,21,23,25H,5,8-9,18-20,22H2,1-4H3. The summed E-state index contributed by atoms with van der Waals surface area (Å²) in [5.41, 5.74) is 4.14. The molecule has 210 valence electrons. The zero-order valence-electron chi connectivity index (χ0n) is 23.9. The van der Waals surface area contributed by atoms with E-state index < -0.39 is 0 Å². The van der Waals surface area contributed by atoms with Gasteiger partial charge in [0.15, 0.2) is 0 Å². The van der Waals surface area contributed by atoms with Crippen LogP contribution in [0.1, 0.15) is 62.8 Å². The number of rotatable bonds is 12. The Bertz CT molecular complexity index is 1450. The molecule has 2 atom stereocenters. The summed E-state index contributed by atoms with van der Waals surface area (Å²) in [7, 11) is 3.24. The lowest BCUT2D eigenvalue weighted by atomic mass is 9.99. The predicted molar refractivity (Wildman–Crippen MR) is 159 cm³/mol. The first-order chi connectivity index (χ1) is 19.5. The minimum atomic E-state index is -0.0175. The third kappa shape index (κ3) is 5.79. The second-order valence-electron chi connectivity index (χ2n) is 10.5. The molecule has 4 aromatic rings. The van der Waals surface area contributed by atoms with Gasteiger partial charge in [-0.25, -0.2) is 4.98 Å². The molecule has 2 heterocycles. The van der Waals surface area contributed by atoms with E-state index in [0.29, 0.717) is 37.0 Å². The normalized spacial score (nSPS) is 15.9. The van der Waals surface area contributed by atoms with Gasteiger partial charge in [-0.05, 0) is 67.1 Å². The van der Waals surface area contributed by atoms with Crippen LogP contribution in [-0.4, -0.2) is 42.8 Å². The van der Waals surface area contributed by atoms with Gasteiger partial charge in [0.05, 0.1) is 37.5 Å². The number of fused-ring (bicyclic) bond motifs is 1. The van der Waals surface area contributed by atoms with Gasteiger partial charge in [-0.15, -0.1) is 0 Å². The van der Waals surface area contributed by atoms with E-state index >= 15 is 0 Å². The van der Waals surface area contributed by atoms with Crippen LogP contribution in [0.4, 0.5) is 5.69 Å². The zero-order valence-corrected chi connectivity index (χ0v) is 23.9. The Morgan fingerprint density at radius 3 is 2.50 bits per heavy atom. The van der Waals surface area contributed by atoms with Gasteiger partial charge in [-0.3, -0.25) is 4.79 Å². The van der Waals surface area contributed by atoms with Crippen LogP contribution >= 0.6 is 0 Å². The molecule has 7 heteroatoms. The summed E-state index contributed by atoms with van der Waals surface area (Å²) in [4.78, 5) is 20.0. The Kier molecular flexibility index (Phi) is 8.58. The van der Waals surface area contributed by atoms with Crippen molar-refractivity contribution in [2.75, 3.05) is 32.3 Å². The number of carbonyl (C=O) groups excluding carboxylic acids is 1. The van der Waals surface area contributed by atoms with Crippen LogP contribution < -0.4 is 19.1 Å². The molecule has 0 bridgehead atoms. The fourth-order valence-electron chi connectivity index (χ4n) is 5.45. The minimum Gasteiger partial charge on any atom is -0.497 e. The average molecular weight is 542 g/mol. The zero-order chi connectivity index (χ0) is 28.1. The number of benzene rings is 3. The van der Waals surface area contributed by atoms with Crippen molar-refractivity contribution in [3.8, 4) is 17.2 Å². The summed E-state index contributed by atoms with van der Waals surface area (Å²) in [6.07, 6.45) is 3.41. The van der Waals surface area contributed by atoms with Crippen LogP contribution in [-0.2, 0) is 11.3 Å². The summed E-state index contributed by atoms with van der Waals surface area (Å²) in [6, 6.07) is 22.2. The number of carbonyl (C=O) groups is 1. The highest BCUT2D eigenvalue weighted by molar-refractivity contribution is 5.98. The van der Waals surface area contributed by atoms with E-state index in [-0.39, 0.29) is 11.8 Å². The maximum absolute atomic E-state index is 13.2. The van der Waals surface area contributed by atoms with Gasteiger partial charge in [0.2, 0.25) is 5.91 Å². The predicted octanol–water partition coefficient (Wildman–Crippen LogP) is 6.95. The summed E-state index contributed by atoms with van der Waals surface area (Å²) in [6.45, 7) is 6.48. The van der Waals surface area contributed by atoms with Crippen molar-refractivity contribution in [1.29, 1.82) is 0 Å². The quantitative estimate of drug-likeness (QED) is 0.182. The lowest BCUT2D eigenvalue weighted by Crippen LogP contribution is -2.25. The largest absolute Gasteiger partial charge is 0.497 e. The molecule has 0 saturated carbocycles. The molecule has 0 aliphatic carbocycles. The van der Waals surface area contributed by atoms with Gasteiger partial charge in [0.25, 0.3) is 0 Å².